The van der Waals surface area contributed by atoms with E-state index in [1.807, 2.05) is 0 Å². The summed E-state index contributed by atoms with van der Waals surface area (Å²) in [6.07, 6.45) is 3.80. The molecule has 0 atom stereocenters. The van der Waals surface area contributed by atoms with Gasteiger partial charge >= 0.3 is 0 Å². The predicted molar refractivity (Wildman–Crippen MR) is 95.5 cm³/mol. The number of carbonyl (C=O) groups is 2. The Morgan fingerprint density at radius 2 is 1.79 bits per heavy atom. The second-order valence-electron chi connectivity index (χ2n) is 5.39. The minimum absolute atomic E-state index is 0.102. The number of hydrogen-bond donors (Lipinski definition) is 2. The third-order valence-corrected chi connectivity index (χ3v) is 4.33. The van der Waals surface area contributed by atoms with Crippen LogP contribution in [0.4, 0.5) is 5.69 Å². The summed E-state index contributed by atoms with van der Waals surface area (Å²) >= 11 is 1.31. The van der Waals surface area contributed by atoms with Gasteiger partial charge in [0.25, 0.3) is 11.8 Å². The molecule has 2 aromatic rings. The van der Waals surface area contributed by atoms with Crippen LogP contribution in [0.3, 0.4) is 0 Å². The quantitative estimate of drug-likeness (QED) is 0.719. The van der Waals surface area contributed by atoms with Crippen LogP contribution < -0.4 is 10.6 Å². The van der Waals surface area contributed by atoms with Gasteiger partial charge in [0.15, 0.2) is 0 Å². The number of hydrogen-bond acceptors (Lipinski definition) is 5. The molecule has 0 aliphatic rings. The van der Waals surface area contributed by atoms with Crippen LogP contribution in [-0.2, 0) is 6.42 Å². The first-order valence-electron chi connectivity index (χ1n) is 8.16. The van der Waals surface area contributed by atoms with Crippen molar-refractivity contribution in [1.82, 2.24) is 15.5 Å². The van der Waals surface area contributed by atoms with Gasteiger partial charge in [0.1, 0.15) is 5.01 Å². The second kappa shape index (κ2) is 9.12. The van der Waals surface area contributed by atoms with Gasteiger partial charge in [0, 0.05) is 24.2 Å². The predicted octanol–water partition coefficient (Wildman–Crippen LogP) is 3.27. The zero-order chi connectivity index (χ0) is 17.4. The van der Waals surface area contributed by atoms with Crippen molar-refractivity contribution in [3.63, 3.8) is 0 Å². The number of rotatable bonds is 8. The average molecular weight is 346 g/mol. The van der Waals surface area contributed by atoms with E-state index in [1.54, 1.807) is 24.3 Å². The monoisotopic (exact) mass is 346 g/mol. The van der Waals surface area contributed by atoms with Gasteiger partial charge in [0.2, 0.25) is 5.01 Å². The van der Waals surface area contributed by atoms with Gasteiger partial charge in [-0.3, -0.25) is 9.59 Å². The normalized spacial score (nSPS) is 10.4. The Morgan fingerprint density at radius 3 is 2.46 bits per heavy atom. The van der Waals surface area contributed by atoms with E-state index < -0.39 is 0 Å². The van der Waals surface area contributed by atoms with Crippen molar-refractivity contribution in [2.24, 2.45) is 0 Å². The highest BCUT2D eigenvalue weighted by Gasteiger charge is 2.13. The summed E-state index contributed by atoms with van der Waals surface area (Å²) in [5, 5.41) is 14.7. The molecule has 0 unspecified atom stereocenters. The Labute approximate surface area is 145 Å². The molecule has 24 heavy (non-hydrogen) atoms. The molecular formula is C17H22N4O2S. The van der Waals surface area contributed by atoms with Crippen molar-refractivity contribution in [3.05, 3.63) is 39.8 Å². The first-order chi connectivity index (χ1) is 11.6. The molecule has 2 N–H and O–H groups in total. The van der Waals surface area contributed by atoms with E-state index in [1.165, 1.54) is 11.3 Å². The van der Waals surface area contributed by atoms with Crippen LogP contribution in [0.15, 0.2) is 24.3 Å². The third kappa shape index (κ3) is 5.13. The van der Waals surface area contributed by atoms with Crippen LogP contribution in [0.2, 0.25) is 0 Å². The summed E-state index contributed by atoms with van der Waals surface area (Å²) in [7, 11) is 0. The van der Waals surface area contributed by atoms with Crippen molar-refractivity contribution >= 4 is 28.8 Å². The Balaban J connectivity index is 1.92. The van der Waals surface area contributed by atoms with Gasteiger partial charge < -0.3 is 10.6 Å². The smallest absolute Gasteiger partial charge is 0.286 e. The molecule has 0 saturated heterocycles. The van der Waals surface area contributed by atoms with E-state index in [0.717, 1.165) is 30.7 Å². The standard InChI is InChI=1S/C17H22N4O2S/c1-3-5-11-18-15(22)12-7-9-13(10-8-12)19-16(23)17-21-20-14(24-17)6-4-2/h7-10H,3-6,11H2,1-2H3,(H,18,22)(H,19,23). The zero-order valence-electron chi connectivity index (χ0n) is 14.0. The number of aryl methyl sites for hydroxylation is 1. The Kier molecular flexibility index (Phi) is 6.87. The Hall–Kier alpha value is -2.28. The second-order valence-corrected chi connectivity index (χ2v) is 6.45. The van der Waals surface area contributed by atoms with E-state index in [4.69, 9.17) is 0 Å². The maximum atomic E-state index is 12.1. The van der Waals surface area contributed by atoms with Crippen LogP contribution in [0.25, 0.3) is 0 Å². The number of anilines is 1. The number of carbonyl (C=O) groups excluding carboxylic acids is 2. The fourth-order valence-corrected chi connectivity index (χ4v) is 2.87. The molecule has 0 aliphatic heterocycles. The summed E-state index contributed by atoms with van der Waals surface area (Å²) in [5.41, 5.74) is 1.20. The molecule has 1 heterocycles. The number of unbranched alkanes of at least 4 members (excludes halogenated alkanes) is 1. The van der Waals surface area contributed by atoms with Crippen LogP contribution in [0, 0.1) is 0 Å². The first kappa shape index (κ1) is 18.1. The molecule has 1 aromatic heterocycles. The number of benzene rings is 1. The summed E-state index contributed by atoms with van der Waals surface area (Å²) in [6.45, 7) is 4.80. The van der Waals surface area contributed by atoms with E-state index in [2.05, 4.69) is 34.7 Å². The molecule has 2 rings (SSSR count). The number of nitrogens with zero attached hydrogens (tertiary/aromatic N) is 2. The van der Waals surface area contributed by atoms with Crippen molar-refractivity contribution < 1.29 is 9.59 Å². The third-order valence-electron chi connectivity index (χ3n) is 3.35. The van der Waals surface area contributed by atoms with Crippen molar-refractivity contribution in [1.29, 1.82) is 0 Å². The zero-order valence-corrected chi connectivity index (χ0v) is 14.8. The number of aromatic nitrogens is 2. The maximum Gasteiger partial charge on any atom is 0.286 e. The highest BCUT2D eigenvalue weighted by atomic mass is 32.1. The Bertz CT molecular complexity index is 682. The Morgan fingerprint density at radius 1 is 1.04 bits per heavy atom. The molecule has 0 aliphatic carbocycles. The SMILES string of the molecule is CCCCNC(=O)c1ccc(NC(=O)c2nnc(CCC)s2)cc1. The minimum Gasteiger partial charge on any atom is -0.352 e. The lowest BCUT2D eigenvalue weighted by atomic mass is 10.2. The summed E-state index contributed by atoms with van der Waals surface area (Å²) < 4.78 is 0. The maximum absolute atomic E-state index is 12.1. The summed E-state index contributed by atoms with van der Waals surface area (Å²) in [6, 6.07) is 6.81. The minimum atomic E-state index is -0.282. The first-order valence-corrected chi connectivity index (χ1v) is 8.97. The molecule has 7 heteroatoms. The van der Waals surface area contributed by atoms with Gasteiger partial charge in [-0.1, -0.05) is 31.6 Å². The van der Waals surface area contributed by atoms with E-state index in [0.29, 0.717) is 22.8 Å². The van der Waals surface area contributed by atoms with E-state index in [9.17, 15) is 9.59 Å². The highest BCUT2D eigenvalue weighted by Crippen LogP contribution is 2.15. The van der Waals surface area contributed by atoms with Gasteiger partial charge in [0.05, 0.1) is 0 Å². The molecule has 0 spiro atoms. The van der Waals surface area contributed by atoms with Gasteiger partial charge in [-0.25, -0.2) is 0 Å². The molecule has 0 radical (unpaired) electrons. The molecule has 0 bridgehead atoms. The average Bonchev–Trinajstić information content (AvgIpc) is 3.05. The van der Waals surface area contributed by atoms with E-state index >= 15 is 0 Å². The fourth-order valence-electron chi connectivity index (χ4n) is 2.03. The summed E-state index contributed by atoms with van der Waals surface area (Å²) in [5.74, 6) is -0.385. The van der Waals surface area contributed by atoms with Crippen molar-refractivity contribution in [3.8, 4) is 0 Å². The van der Waals surface area contributed by atoms with E-state index in [-0.39, 0.29) is 11.8 Å². The van der Waals surface area contributed by atoms with Gasteiger partial charge in [-0.15, -0.1) is 10.2 Å². The summed E-state index contributed by atoms with van der Waals surface area (Å²) in [4.78, 5) is 24.1. The molecule has 0 fully saturated rings. The van der Waals surface area contributed by atoms with Gasteiger partial charge in [-0.2, -0.15) is 0 Å². The molecular weight excluding hydrogens is 324 g/mol. The fraction of sp³-hybridized carbons (Fsp3) is 0.412. The molecule has 6 nitrogen and oxygen atoms in total. The van der Waals surface area contributed by atoms with Crippen LogP contribution in [-0.4, -0.2) is 28.6 Å². The van der Waals surface area contributed by atoms with Gasteiger partial charge in [-0.05, 0) is 37.1 Å². The molecule has 2 amide bonds. The number of nitrogens with one attached hydrogen (secondary N) is 2. The van der Waals surface area contributed by atoms with Crippen LogP contribution >= 0.6 is 11.3 Å². The molecule has 128 valence electrons. The molecule has 1 aromatic carbocycles. The van der Waals surface area contributed by atoms with Crippen LogP contribution in [0.5, 0.6) is 0 Å². The lowest BCUT2D eigenvalue weighted by molar-refractivity contribution is 0.0952. The lowest BCUT2D eigenvalue weighted by Crippen LogP contribution is -2.24. The highest BCUT2D eigenvalue weighted by molar-refractivity contribution is 7.13. The largest absolute Gasteiger partial charge is 0.352 e. The van der Waals surface area contributed by atoms with Crippen LogP contribution in [0.1, 0.15) is 58.3 Å². The molecule has 0 saturated carbocycles. The lowest BCUT2D eigenvalue weighted by Gasteiger charge is -2.06. The van der Waals surface area contributed by atoms with Crippen molar-refractivity contribution in [2.45, 2.75) is 39.5 Å². The topological polar surface area (TPSA) is 84.0 Å². The van der Waals surface area contributed by atoms with Crippen molar-refractivity contribution in [2.75, 3.05) is 11.9 Å². The number of amides is 2.